The highest BCUT2D eigenvalue weighted by atomic mass is 32.1. The second-order valence-corrected chi connectivity index (χ2v) is 8.80. The van der Waals surface area contributed by atoms with Crippen molar-refractivity contribution in [2.75, 3.05) is 47.4 Å². The van der Waals surface area contributed by atoms with Gasteiger partial charge in [0.2, 0.25) is 5.91 Å². The van der Waals surface area contributed by atoms with Gasteiger partial charge in [-0.2, -0.15) is 0 Å². The highest BCUT2D eigenvalue weighted by molar-refractivity contribution is 7.10. The van der Waals surface area contributed by atoms with Crippen molar-refractivity contribution < 1.29 is 19.1 Å². The van der Waals surface area contributed by atoms with Crippen LogP contribution in [-0.2, 0) is 4.79 Å². The lowest BCUT2D eigenvalue weighted by atomic mass is 9.81. The molecule has 1 N–H and O–H groups in total. The average molecular weight is 460 g/mol. The van der Waals surface area contributed by atoms with Crippen LogP contribution < -0.4 is 14.8 Å². The van der Waals surface area contributed by atoms with Crippen LogP contribution in [0.15, 0.2) is 29.6 Å². The molecule has 2 aromatic rings. The number of carbonyl (C=O) groups excluding carboxylic acids is 2. The molecule has 0 saturated carbocycles. The van der Waals surface area contributed by atoms with Crippen molar-refractivity contribution in [3.63, 3.8) is 0 Å². The van der Waals surface area contributed by atoms with E-state index < -0.39 is 5.92 Å². The number of rotatable bonds is 10. The lowest BCUT2D eigenvalue weighted by Crippen LogP contribution is -2.45. The number of methoxy groups -OCH3 is 2. The number of hydrogen-bond acceptors (Lipinski definition) is 6. The van der Waals surface area contributed by atoms with E-state index in [0.717, 1.165) is 30.9 Å². The Morgan fingerprint density at radius 1 is 1.19 bits per heavy atom. The van der Waals surface area contributed by atoms with Gasteiger partial charge < -0.3 is 24.6 Å². The first-order chi connectivity index (χ1) is 15.5. The maximum atomic E-state index is 13.5. The van der Waals surface area contributed by atoms with E-state index in [0.29, 0.717) is 29.2 Å². The summed E-state index contributed by atoms with van der Waals surface area (Å²) < 4.78 is 10.9. The van der Waals surface area contributed by atoms with Gasteiger partial charge in [0.15, 0.2) is 11.5 Å². The Kier molecular flexibility index (Phi) is 8.15. The highest BCUT2D eigenvalue weighted by Crippen LogP contribution is 2.46. The minimum Gasteiger partial charge on any atom is -0.493 e. The van der Waals surface area contributed by atoms with Crippen LogP contribution in [0.25, 0.3) is 0 Å². The van der Waals surface area contributed by atoms with Crippen LogP contribution in [0.3, 0.4) is 0 Å². The van der Waals surface area contributed by atoms with Crippen molar-refractivity contribution in [3.05, 3.63) is 45.6 Å². The first-order valence-electron chi connectivity index (χ1n) is 11.0. The molecule has 0 fully saturated rings. The number of ether oxygens (including phenoxy) is 2. The SMILES string of the molecule is CCN(CC)CCCNC(=O)[C@@H]1c2cc(OC)c(OC)cc2C(=O)N(C)[C@@H]1c1cccs1. The third kappa shape index (κ3) is 4.76. The molecule has 0 radical (unpaired) electrons. The van der Waals surface area contributed by atoms with Crippen LogP contribution in [0, 0.1) is 0 Å². The minimum atomic E-state index is -0.542. The smallest absolute Gasteiger partial charge is 0.254 e. The van der Waals surface area contributed by atoms with Gasteiger partial charge in [0.25, 0.3) is 5.91 Å². The molecule has 0 aliphatic carbocycles. The quantitative estimate of drug-likeness (QED) is 0.551. The molecule has 0 spiro atoms. The number of likely N-dealkylation sites (N-methyl/N-ethyl adjacent to an activating group) is 1. The minimum absolute atomic E-state index is 0.0873. The van der Waals surface area contributed by atoms with E-state index in [4.69, 9.17) is 9.47 Å². The molecule has 32 heavy (non-hydrogen) atoms. The molecular weight excluding hydrogens is 426 g/mol. The van der Waals surface area contributed by atoms with E-state index >= 15 is 0 Å². The Morgan fingerprint density at radius 3 is 2.47 bits per heavy atom. The van der Waals surface area contributed by atoms with Crippen molar-refractivity contribution in [2.24, 2.45) is 0 Å². The number of hydrogen-bond donors (Lipinski definition) is 1. The van der Waals surface area contributed by atoms with Gasteiger partial charge >= 0.3 is 0 Å². The van der Waals surface area contributed by atoms with Crippen LogP contribution in [0.4, 0.5) is 0 Å². The molecule has 1 aliphatic heterocycles. The summed E-state index contributed by atoms with van der Waals surface area (Å²) >= 11 is 1.55. The Bertz CT molecular complexity index is 928. The van der Waals surface area contributed by atoms with E-state index in [1.165, 1.54) is 7.11 Å². The number of nitrogens with one attached hydrogen (secondary N) is 1. The highest BCUT2D eigenvalue weighted by Gasteiger charge is 2.43. The lowest BCUT2D eigenvalue weighted by Gasteiger charge is -2.39. The van der Waals surface area contributed by atoms with Gasteiger partial charge in [-0.05, 0) is 55.2 Å². The number of amides is 2. The predicted molar refractivity (Wildman–Crippen MR) is 127 cm³/mol. The molecular formula is C24H33N3O4S. The molecule has 0 saturated heterocycles. The van der Waals surface area contributed by atoms with Gasteiger partial charge in [0, 0.05) is 24.0 Å². The Labute approximate surface area is 194 Å². The molecule has 0 unspecified atom stereocenters. The van der Waals surface area contributed by atoms with E-state index in [-0.39, 0.29) is 17.9 Å². The van der Waals surface area contributed by atoms with Crippen molar-refractivity contribution in [3.8, 4) is 11.5 Å². The Balaban J connectivity index is 1.95. The predicted octanol–water partition coefficient (Wildman–Crippen LogP) is 3.52. The molecule has 0 bridgehead atoms. The van der Waals surface area contributed by atoms with Gasteiger partial charge in [0.1, 0.15) is 0 Å². The number of nitrogens with zero attached hydrogens (tertiary/aromatic N) is 2. The molecule has 174 valence electrons. The first kappa shape index (κ1) is 24.1. The Morgan fingerprint density at radius 2 is 1.88 bits per heavy atom. The third-order valence-electron chi connectivity index (χ3n) is 6.14. The summed E-state index contributed by atoms with van der Waals surface area (Å²) in [5.74, 6) is 0.217. The maximum Gasteiger partial charge on any atom is 0.254 e. The molecule has 1 aromatic heterocycles. The summed E-state index contributed by atoms with van der Waals surface area (Å²) in [5.41, 5.74) is 1.15. The normalized spacial score (nSPS) is 17.9. The number of benzene rings is 1. The second kappa shape index (κ2) is 10.8. The summed E-state index contributed by atoms with van der Waals surface area (Å²) in [7, 11) is 4.85. The van der Waals surface area contributed by atoms with Gasteiger partial charge in [-0.1, -0.05) is 19.9 Å². The van der Waals surface area contributed by atoms with Crippen molar-refractivity contribution in [2.45, 2.75) is 32.2 Å². The monoisotopic (exact) mass is 459 g/mol. The molecule has 7 nitrogen and oxygen atoms in total. The fraction of sp³-hybridized carbons (Fsp3) is 0.500. The van der Waals surface area contributed by atoms with E-state index in [9.17, 15) is 9.59 Å². The number of fused-ring (bicyclic) bond motifs is 1. The van der Waals surface area contributed by atoms with Crippen molar-refractivity contribution in [1.82, 2.24) is 15.1 Å². The van der Waals surface area contributed by atoms with Gasteiger partial charge in [0.05, 0.1) is 26.2 Å². The van der Waals surface area contributed by atoms with E-state index in [1.54, 1.807) is 42.5 Å². The average Bonchev–Trinajstić information content (AvgIpc) is 3.34. The van der Waals surface area contributed by atoms with E-state index in [1.807, 2.05) is 17.5 Å². The molecule has 1 aromatic carbocycles. The molecule has 8 heteroatoms. The standard InChI is InChI=1S/C24H33N3O4S/c1-6-27(7-2)12-9-11-25-23(28)21-16-14-18(30-4)19(31-5)15-17(16)24(29)26(3)22(21)20-10-8-13-32-20/h8,10,13-15,21-22H,6-7,9,11-12H2,1-5H3,(H,25,28)/t21-,22-/m1/s1. The first-order valence-corrected chi connectivity index (χ1v) is 11.9. The number of thiophene rings is 1. The summed E-state index contributed by atoms with van der Waals surface area (Å²) in [6.45, 7) is 7.79. The fourth-order valence-corrected chi connectivity index (χ4v) is 5.22. The van der Waals surface area contributed by atoms with E-state index in [2.05, 4.69) is 24.1 Å². The van der Waals surface area contributed by atoms with Gasteiger partial charge in [-0.25, -0.2) is 0 Å². The molecule has 2 heterocycles. The molecule has 1 aliphatic rings. The summed E-state index contributed by atoms with van der Waals surface area (Å²) in [6, 6.07) is 7.00. The van der Waals surface area contributed by atoms with Crippen LogP contribution in [0.5, 0.6) is 11.5 Å². The molecule has 2 atom stereocenters. The zero-order valence-corrected chi connectivity index (χ0v) is 20.3. The maximum absolute atomic E-state index is 13.5. The summed E-state index contributed by atoms with van der Waals surface area (Å²) in [6.07, 6.45) is 0.872. The van der Waals surface area contributed by atoms with Gasteiger partial charge in [-0.15, -0.1) is 11.3 Å². The molecule has 3 rings (SSSR count). The Hall–Kier alpha value is -2.58. The second-order valence-electron chi connectivity index (χ2n) is 7.82. The third-order valence-corrected chi connectivity index (χ3v) is 7.08. The summed E-state index contributed by atoms with van der Waals surface area (Å²) in [4.78, 5) is 31.8. The van der Waals surface area contributed by atoms with Crippen molar-refractivity contribution in [1.29, 1.82) is 0 Å². The van der Waals surface area contributed by atoms with Gasteiger partial charge in [-0.3, -0.25) is 9.59 Å². The largest absolute Gasteiger partial charge is 0.493 e. The summed E-state index contributed by atoms with van der Waals surface area (Å²) in [5, 5.41) is 5.09. The topological polar surface area (TPSA) is 71.1 Å². The number of carbonyl (C=O) groups is 2. The fourth-order valence-electron chi connectivity index (χ4n) is 4.31. The zero-order chi connectivity index (χ0) is 23.3. The lowest BCUT2D eigenvalue weighted by molar-refractivity contribution is -0.124. The molecule has 2 amide bonds. The van der Waals surface area contributed by atoms with Crippen molar-refractivity contribution >= 4 is 23.2 Å². The van der Waals surface area contributed by atoms with Crippen LogP contribution >= 0.6 is 11.3 Å². The van der Waals surface area contributed by atoms with Crippen LogP contribution in [-0.4, -0.2) is 69.1 Å². The van der Waals surface area contributed by atoms with Crippen LogP contribution in [0.2, 0.25) is 0 Å². The van der Waals surface area contributed by atoms with Crippen LogP contribution in [0.1, 0.15) is 53.0 Å². The zero-order valence-electron chi connectivity index (χ0n) is 19.5.